The Hall–Kier alpha value is -4.75. The Bertz CT molecular complexity index is 1740. The van der Waals surface area contributed by atoms with Crippen LogP contribution in [-0.4, -0.2) is 23.5 Å². The molecule has 0 aliphatic carbocycles. The van der Waals surface area contributed by atoms with Gasteiger partial charge in [-0.2, -0.15) is 0 Å². The number of carbonyl (C=O) groups excluding carboxylic acids is 2. The third kappa shape index (κ3) is 5.90. The van der Waals surface area contributed by atoms with Gasteiger partial charge in [0.25, 0.3) is 11.8 Å². The van der Waals surface area contributed by atoms with Gasteiger partial charge in [0.1, 0.15) is 17.2 Å². The topological polar surface area (TPSA) is 106 Å². The molecule has 2 amide bonds. The number of aliphatic hydroxyl groups excluding tert-OH is 1. The highest BCUT2D eigenvalue weighted by Gasteiger charge is 2.21. The van der Waals surface area contributed by atoms with E-state index in [9.17, 15) is 19.1 Å². The molecule has 5 aromatic rings. The number of fused-ring (bicyclic) bond motifs is 1. The molecule has 7 heteroatoms. The summed E-state index contributed by atoms with van der Waals surface area (Å²) in [5.74, 6) is -0.641. The Labute approximate surface area is 237 Å². The number of nitrogens with two attached hydrogens (primary N) is 1. The molecule has 1 aromatic heterocycles. The molecule has 0 atom stereocenters. The molecule has 0 fully saturated rings. The molecule has 0 radical (unpaired) electrons. The van der Waals surface area contributed by atoms with E-state index in [-0.39, 0.29) is 24.0 Å². The number of hydrogen-bond donors (Lipinski definition) is 3. The standard InChI is InChI=1S/C34H31FN2O4/c1-20(2)18-37-34(40)28-16-21(7-13-27(28)26-6-4-3-5-24(26)19-38)15-22-8-14-30-29(17-22)31(33(36)39)32(41-30)23-9-11-25(35)12-10-23/h3-14,16-17,20,38H,15,18-19H2,1-2H3,(H2,36,39)(H,37,40). The summed E-state index contributed by atoms with van der Waals surface area (Å²) in [6.45, 7) is 4.46. The second-order valence-electron chi connectivity index (χ2n) is 10.5. The van der Waals surface area contributed by atoms with Crippen LogP contribution < -0.4 is 11.1 Å². The summed E-state index contributed by atoms with van der Waals surface area (Å²) in [7, 11) is 0. The molecular weight excluding hydrogens is 519 g/mol. The molecule has 0 bridgehead atoms. The van der Waals surface area contributed by atoms with Gasteiger partial charge in [-0.3, -0.25) is 9.59 Å². The second-order valence-corrected chi connectivity index (χ2v) is 10.5. The molecule has 4 aromatic carbocycles. The summed E-state index contributed by atoms with van der Waals surface area (Å²) in [6.07, 6.45) is 0.484. The Kier molecular flexibility index (Phi) is 7.99. The molecule has 6 nitrogen and oxygen atoms in total. The van der Waals surface area contributed by atoms with Crippen LogP contribution in [0, 0.1) is 11.7 Å². The maximum Gasteiger partial charge on any atom is 0.253 e. The van der Waals surface area contributed by atoms with Crippen LogP contribution in [0.4, 0.5) is 4.39 Å². The maximum atomic E-state index is 13.5. The van der Waals surface area contributed by atoms with E-state index in [0.717, 1.165) is 27.8 Å². The number of rotatable bonds is 9. The van der Waals surface area contributed by atoms with Crippen molar-refractivity contribution in [3.05, 3.63) is 119 Å². The van der Waals surface area contributed by atoms with Crippen molar-refractivity contribution in [3.8, 4) is 22.5 Å². The summed E-state index contributed by atoms with van der Waals surface area (Å²) in [5, 5.41) is 13.5. The molecule has 4 N–H and O–H groups in total. The number of halogens is 1. The number of hydrogen-bond acceptors (Lipinski definition) is 4. The number of nitrogens with one attached hydrogen (secondary N) is 1. The van der Waals surface area contributed by atoms with Crippen LogP contribution in [0.1, 0.15) is 51.3 Å². The normalized spacial score (nSPS) is 11.2. The van der Waals surface area contributed by atoms with Gasteiger partial charge in [-0.1, -0.05) is 56.3 Å². The quantitative estimate of drug-likeness (QED) is 0.195. The minimum atomic E-state index is -0.642. The first-order chi connectivity index (χ1) is 19.7. The number of amides is 2. The molecule has 5 rings (SSSR count). The fraction of sp³-hybridized carbons (Fsp3) is 0.176. The predicted octanol–water partition coefficient (Wildman–Crippen LogP) is 6.47. The maximum absolute atomic E-state index is 13.5. The van der Waals surface area contributed by atoms with Crippen LogP contribution >= 0.6 is 0 Å². The first kappa shape index (κ1) is 27.8. The van der Waals surface area contributed by atoms with E-state index in [1.165, 1.54) is 12.1 Å². The summed E-state index contributed by atoms with van der Waals surface area (Å²) in [5.41, 5.74) is 11.6. The van der Waals surface area contributed by atoms with Gasteiger partial charge in [0.15, 0.2) is 0 Å². The smallest absolute Gasteiger partial charge is 0.253 e. The van der Waals surface area contributed by atoms with Crippen LogP contribution in [0.2, 0.25) is 0 Å². The van der Waals surface area contributed by atoms with Gasteiger partial charge < -0.3 is 20.6 Å². The van der Waals surface area contributed by atoms with Gasteiger partial charge in [0.05, 0.1) is 12.2 Å². The zero-order valence-corrected chi connectivity index (χ0v) is 22.9. The lowest BCUT2D eigenvalue weighted by atomic mass is 9.92. The van der Waals surface area contributed by atoms with E-state index in [0.29, 0.717) is 40.8 Å². The van der Waals surface area contributed by atoms with Crippen molar-refractivity contribution in [2.45, 2.75) is 26.9 Å². The monoisotopic (exact) mass is 550 g/mol. The molecular formula is C34H31FN2O4. The third-order valence-corrected chi connectivity index (χ3v) is 6.99. The Balaban J connectivity index is 1.54. The molecule has 0 aliphatic heterocycles. The van der Waals surface area contributed by atoms with Crippen molar-refractivity contribution < 1.29 is 23.5 Å². The van der Waals surface area contributed by atoms with Crippen LogP contribution in [0.25, 0.3) is 33.4 Å². The lowest BCUT2D eigenvalue weighted by Crippen LogP contribution is -2.28. The third-order valence-electron chi connectivity index (χ3n) is 6.99. The number of primary amides is 1. The van der Waals surface area contributed by atoms with E-state index in [1.807, 2.05) is 68.4 Å². The first-order valence-electron chi connectivity index (χ1n) is 13.5. The fourth-order valence-corrected chi connectivity index (χ4v) is 4.98. The molecule has 0 saturated heterocycles. The van der Waals surface area contributed by atoms with Gasteiger partial charge in [0.2, 0.25) is 0 Å². The average Bonchev–Trinajstić information content (AvgIpc) is 3.35. The molecule has 208 valence electrons. The summed E-state index contributed by atoms with van der Waals surface area (Å²) in [6, 6.07) is 24.5. The Morgan fingerprint density at radius 1 is 0.927 bits per heavy atom. The summed E-state index contributed by atoms with van der Waals surface area (Å²) in [4.78, 5) is 25.8. The lowest BCUT2D eigenvalue weighted by Gasteiger charge is -2.16. The minimum absolute atomic E-state index is 0.141. The first-order valence-corrected chi connectivity index (χ1v) is 13.5. The molecule has 1 heterocycles. The van der Waals surface area contributed by atoms with Crippen molar-refractivity contribution in [1.82, 2.24) is 5.32 Å². The molecule has 0 unspecified atom stereocenters. The average molecular weight is 551 g/mol. The van der Waals surface area contributed by atoms with Crippen molar-refractivity contribution in [2.75, 3.05) is 6.54 Å². The van der Waals surface area contributed by atoms with Gasteiger partial charge in [-0.05, 0) is 82.6 Å². The van der Waals surface area contributed by atoms with Gasteiger partial charge in [-0.25, -0.2) is 4.39 Å². The van der Waals surface area contributed by atoms with Crippen molar-refractivity contribution >= 4 is 22.8 Å². The zero-order chi connectivity index (χ0) is 29.1. The van der Waals surface area contributed by atoms with E-state index in [1.54, 1.807) is 18.2 Å². The number of benzene rings is 4. The lowest BCUT2D eigenvalue weighted by molar-refractivity contribution is 0.0948. The molecule has 41 heavy (non-hydrogen) atoms. The minimum Gasteiger partial charge on any atom is -0.455 e. The second kappa shape index (κ2) is 11.8. The van der Waals surface area contributed by atoms with E-state index in [4.69, 9.17) is 10.2 Å². The highest BCUT2D eigenvalue weighted by atomic mass is 19.1. The number of carbonyl (C=O) groups is 2. The molecule has 0 saturated carbocycles. The van der Waals surface area contributed by atoms with E-state index in [2.05, 4.69) is 5.32 Å². The van der Waals surface area contributed by atoms with Gasteiger partial charge in [-0.15, -0.1) is 0 Å². The SMILES string of the molecule is CC(C)CNC(=O)c1cc(Cc2ccc3oc(-c4ccc(F)cc4)c(C(N)=O)c3c2)ccc1-c1ccccc1CO. The summed E-state index contributed by atoms with van der Waals surface area (Å²) < 4.78 is 19.5. The van der Waals surface area contributed by atoms with Gasteiger partial charge in [0, 0.05) is 23.1 Å². The van der Waals surface area contributed by atoms with E-state index < -0.39 is 11.7 Å². The molecule has 0 aliphatic rings. The highest BCUT2D eigenvalue weighted by molar-refractivity contribution is 6.10. The predicted molar refractivity (Wildman–Crippen MR) is 158 cm³/mol. The van der Waals surface area contributed by atoms with Crippen molar-refractivity contribution in [2.24, 2.45) is 11.7 Å². The van der Waals surface area contributed by atoms with Crippen LogP contribution in [0.3, 0.4) is 0 Å². The van der Waals surface area contributed by atoms with Crippen LogP contribution in [0.15, 0.2) is 89.3 Å². The Morgan fingerprint density at radius 3 is 2.34 bits per heavy atom. The van der Waals surface area contributed by atoms with Crippen molar-refractivity contribution in [3.63, 3.8) is 0 Å². The van der Waals surface area contributed by atoms with Crippen LogP contribution in [0.5, 0.6) is 0 Å². The van der Waals surface area contributed by atoms with Crippen molar-refractivity contribution in [1.29, 1.82) is 0 Å². The van der Waals surface area contributed by atoms with Crippen LogP contribution in [-0.2, 0) is 13.0 Å². The fourth-order valence-electron chi connectivity index (χ4n) is 4.98. The molecule has 0 spiro atoms. The largest absolute Gasteiger partial charge is 0.455 e. The van der Waals surface area contributed by atoms with E-state index >= 15 is 0 Å². The van der Waals surface area contributed by atoms with Gasteiger partial charge >= 0.3 is 0 Å². The number of aliphatic hydroxyl groups is 1. The Morgan fingerprint density at radius 2 is 1.63 bits per heavy atom. The number of furan rings is 1. The summed E-state index contributed by atoms with van der Waals surface area (Å²) >= 11 is 0. The zero-order valence-electron chi connectivity index (χ0n) is 22.9. The highest BCUT2D eigenvalue weighted by Crippen LogP contribution is 2.35.